The van der Waals surface area contributed by atoms with E-state index in [1.807, 2.05) is 72.9 Å². The monoisotopic (exact) mass is 517 g/mol. The van der Waals surface area contributed by atoms with Crippen molar-refractivity contribution < 1.29 is 14.6 Å². The van der Waals surface area contributed by atoms with Gasteiger partial charge in [-0.05, 0) is 40.7 Å². The second-order valence-electron chi connectivity index (χ2n) is 10.4. The largest absolute Gasteiger partial charge is 0.516 e. The maximum atomic E-state index is 10.5. The molecule has 0 unspecified atom stereocenters. The van der Waals surface area contributed by atoms with Crippen LogP contribution in [0.5, 0.6) is 11.5 Å². The number of para-hydroxylation sites is 2. The maximum absolute atomic E-state index is 10.5. The molecule has 4 rings (SSSR count). The molecular weight excluding hydrogens is 481 g/mol. The van der Waals surface area contributed by atoms with Crippen molar-refractivity contribution in [1.82, 2.24) is 0 Å². The molecule has 0 bridgehead atoms. The molecule has 0 saturated heterocycles. The predicted octanol–water partition coefficient (Wildman–Crippen LogP) is 7.31. The Kier molecular flexibility index (Phi) is 8.83. The highest BCUT2D eigenvalue weighted by Gasteiger charge is 2.33. The Morgan fingerprint density at radius 3 is 2.59 bits per heavy atom. The van der Waals surface area contributed by atoms with Crippen molar-refractivity contribution in [3.63, 3.8) is 0 Å². The zero-order valence-electron chi connectivity index (χ0n) is 23.0. The summed E-state index contributed by atoms with van der Waals surface area (Å²) in [5, 5.41) is 10.5. The molecule has 0 fully saturated rings. The first-order valence-corrected chi connectivity index (χ1v) is 13.2. The Morgan fingerprint density at radius 2 is 1.82 bits per heavy atom. The van der Waals surface area contributed by atoms with Gasteiger partial charge in [0.2, 0.25) is 6.71 Å². The Balaban J connectivity index is 1.78. The third-order valence-corrected chi connectivity index (χ3v) is 6.66. The first-order valence-electron chi connectivity index (χ1n) is 13.2. The minimum atomic E-state index is -0.214. The molecule has 5 heteroatoms. The van der Waals surface area contributed by atoms with E-state index in [9.17, 15) is 5.11 Å². The Morgan fingerprint density at radius 1 is 1.03 bits per heavy atom. The molecule has 2 heterocycles. The van der Waals surface area contributed by atoms with Crippen molar-refractivity contribution in [2.45, 2.75) is 26.2 Å². The number of anilines is 1. The van der Waals surface area contributed by atoms with Gasteiger partial charge in [0, 0.05) is 23.8 Å². The number of fused-ring (bicyclic) bond motifs is 2. The molecule has 39 heavy (non-hydrogen) atoms. The summed E-state index contributed by atoms with van der Waals surface area (Å²) in [5.74, 6) is 4.13. The van der Waals surface area contributed by atoms with E-state index in [4.69, 9.17) is 9.47 Å². The van der Waals surface area contributed by atoms with E-state index in [2.05, 4.69) is 63.0 Å². The van der Waals surface area contributed by atoms with E-state index >= 15 is 0 Å². The van der Waals surface area contributed by atoms with E-state index in [1.165, 1.54) is 5.56 Å². The summed E-state index contributed by atoms with van der Waals surface area (Å²) >= 11 is 0. The second-order valence-corrected chi connectivity index (χ2v) is 10.4. The van der Waals surface area contributed by atoms with E-state index in [0.29, 0.717) is 30.1 Å². The van der Waals surface area contributed by atoms with Crippen LogP contribution in [0, 0.1) is 0 Å². The van der Waals surface area contributed by atoms with E-state index in [-0.39, 0.29) is 12.1 Å². The average Bonchev–Trinajstić information content (AvgIpc) is 2.92. The minimum Gasteiger partial charge on any atom is -0.516 e. The number of hydrogen-bond acceptors (Lipinski definition) is 4. The van der Waals surface area contributed by atoms with Gasteiger partial charge >= 0.3 is 0 Å². The van der Waals surface area contributed by atoms with Crippen molar-refractivity contribution in [1.29, 1.82) is 0 Å². The lowest BCUT2D eigenvalue weighted by Crippen LogP contribution is -2.39. The van der Waals surface area contributed by atoms with Gasteiger partial charge in [-0.3, -0.25) is 0 Å². The number of allylic oxidation sites excluding steroid dienone is 8. The molecule has 2 aromatic rings. The van der Waals surface area contributed by atoms with Crippen LogP contribution in [0.15, 0.2) is 139 Å². The molecule has 0 saturated carbocycles. The van der Waals surface area contributed by atoms with E-state index in [1.54, 1.807) is 6.08 Å². The molecule has 0 radical (unpaired) electrons. The quantitative estimate of drug-likeness (QED) is 0.257. The number of nitrogens with zero attached hydrogens (tertiary/aromatic N) is 1. The average molecular weight is 517 g/mol. The summed E-state index contributed by atoms with van der Waals surface area (Å²) in [6, 6.07) is 14.2. The van der Waals surface area contributed by atoms with Crippen LogP contribution in [0.1, 0.15) is 26.3 Å². The van der Waals surface area contributed by atoms with Crippen LogP contribution in [0.25, 0.3) is 0 Å². The zero-order valence-corrected chi connectivity index (χ0v) is 23.0. The number of hydrogen-bond donors (Lipinski definition) is 1. The van der Waals surface area contributed by atoms with Crippen molar-refractivity contribution in [3.8, 4) is 11.5 Å². The normalized spacial score (nSPS) is 19.4. The molecule has 4 nitrogen and oxygen atoms in total. The van der Waals surface area contributed by atoms with Gasteiger partial charge in [-0.15, -0.1) is 5.98 Å². The lowest BCUT2D eigenvalue weighted by molar-refractivity contribution is 0.363. The van der Waals surface area contributed by atoms with Crippen molar-refractivity contribution in [2.75, 3.05) is 18.1 Å². The number of ether oxygens (including phenoxy) is 2. The summed E-state index contributed by atoms with van der Waals surface area (Å²) in [6.07, 6.45) is 18.6. The summed E-state index contributed by atoms with van der Waals surface area (Å²) < 4.78 is 12.4. The van der Waals surface area contributed by atoms with Crippen LogP contribution < -0.4 is 19.8 Å². The lowest BCUT2D eigenvalue weighted by atomic mass is 9.38. The van der Waals surface area contributed by atoms with Crippen molar-refractivity contribution in [3.05, 3.63) is 145 Å². The highest BCUT2D eigenvalue weighted by atomic mass is 16.5. The van der Waals surface area contributed by atoms with Gasteiger partial charge in [0.05, 0.1) is 11.9 Å². The smallest absolute Gasteiger partial charge is 0.247 e. The third-order valence-electron chi connectivity index (χ3n) is 6.66. The number of aliphatic hydroxyl groups excluding tert-OH is 1. The van der Waals surface area contributed by atoms with Crippen LogP contribution in [0.3, 0.4) is 0 Å². The topological polar surface area (TPSA) is 41.9 Å². The standard InChI is InChI=1S/C34H36BNO3/c1-6-7-8-13-20-35-28-24-27(34(3,4)5)18-19-31(28)39-33(29(35)25-37)23-26(2)36-21-14-9-10-15-22-38-32-17-12-11-16-30(32)36/h6-20,23-25,37H,1-2,21-22H2,3-5H3/b8-7-,14-9-,15-10-,20-13+,29-25-,33-23+. The van der Waals surface area contributed by atoms with Gasteiger partial charge in [-0.25, -0.2) is 0 Å². The number of benzene rings is 2. The fourth-order valence-corrected chi connectivity index (χ4v) is 4.55. The molecule has 1 N–H and O–H groups in total. The highest BCUT2D eigenvalue weighted by Crippen LogP contribution is 2.34. The molecule has 0 amide bonds. The molecular formula is C34H36BNO3. The fourth-order valence-electron chi connectivity index (χ4n) is 4.55. The van der Waals surface area contributed by atoms with Gasteiger partial charge < -0.3 is 19.5 Å². The van der Waals surface area contributed by atoms with E-state index < -0.39 is 0 Å². The Labute approximate surface area is 233 Å². The molecule has 0 aliphatic carbocycles. The van der Waals surface area contributed by atoms with Gasteiger partial charge in [0.1, 0.15) is 23.9 Å². The predicted molar refractivity (Wildman–Crippen MR) is 165 cm³/mol. The third kappa shape index (κ3) is 6.56. The summed E-state index contributed by atoms with van der Waals surface area (Å²) in [5.41, 5.74) is 4.44. The molecule has 0 spiro atoms. The van der Waals surface area contributed by atoms with Gasteiger partial charge in [-0.1, -0.05) is 101 Å². The maximum Gasteiger partial charge on any atom is 0.247 e. The molecule has 198 valence electrons. The number of rotatable bonds is 5. The van der Waals surface area contributed by atoms with Crippen molar-refractivity contribution >= 4 is 17.9 Å². The molecule has 2 aliphatic rings. The van der Waals surface area contributed by atoms with Crippen LogP contribution in [-0.4, -0.2) is 25.0 Å². The van der Waals surface area contributed by atoms with Crippen LogP contribution in [-0.2, 0) is 5.41 Å². The van der Waals surface area contributed by atoms with Crippen LogP contribution in [0.2, 0.25) is 0 Å². The fraction of sp³-hybridized carbons (Fsp3) is 0.176. The minimum absolute atomic E-state index is 0.0270. The van der Waals surface area contributed by atoms with Gasteiger partial charge in [-0.2, -0.15) is 0 Å². The highest BCUT2D eigenvalue weighted by molar-refractivity contribution is 6.85. The van der Waals surface area contributed by atoms with Crippen LogP contribution in [0.4, 0.5) is 5.69 Å². The molecule has 0 aromatic heterocycles. The van der Waals surface area contributed by atoms with Crippen molar-refractivity contribution in [2.24, 2.45) is 0 Å². The zero-order chi connectivity index (χ0) is 27.8. The van der Waals surface area contributed by atoms with E-state index in [0.717, 1.165) is 28.9 Å². The van der Waals surface area contributed by atoms with Gasteiger partial charge in [0.15, 0.2) is 0 Å². The Bertz CT molecular complexity index is 1400. The SMILES string of the molecule is C=C/C=C\C=C\B1C(=C\O)/C(=C\C(=C)N2C/C=C\C=C/COc3ccccc32)Oc2ccc(C(C)(C)C)cc21. The summed E-state index contributed by atoms with van der Waals surface area (Å²) in [4.78, 5) is 2.08. The second kappa shape index (κ2) is 12.4. The molecule has 2 aromatic carbocycles. The first-order chi connectivity index (χ1) is 18.8. The molecule has 0 atom stereocenters. The first kappa shape index (κ1) is 27.7. The van der Waals surface area contributed by atoms with Crippen LogP contribution >= 0.6 is 0 Å². The molecule has 2 aliphatic heterocycles. The number of aliphatic hydroxyl groups is 1. The van der Waals surface area contributed by atoms with Gasteiger partial charge in [0.25, 0.3) is 0 Å². The lowest BCUT2D eigenvalue weighted by Gasteiger charge is -2.30. The summed E-state index contributed by atoms with van der Waals surface area (Å²) in [6.45, 7) is 15.6. The summed E-state index contributed by atoms with van der Waals surface area (Å²) in [7, 11) is 0. The Hall–Kier alpha value is -4.38.